The lowest BCUT2D eigenvalue weighted by Gasteiger charge is -2.13. The highest BCUT2D eigenvalue weighted by molar-refractivity contribution is 5.43. The van der Waals surface area contributed by atoms with Gasteiger partial charge < -0.3 is 10.5 Å². The van der Waals surface area contributed by atoms with E-state index >= 15 is 0 Å². The van der Waals surface area contributed by atoms with Gasteiger partial charge in [-0.15, -0.1) is 0 Å². The van der Waals surface area contributed by atoms with Crippen LogP contribution in [0.25, 0.3) is 0 Å². The molecule has 0 aliphatic rings. The van der Waals surface area contributed by atoms with Gasteiger partial charge in [0.25, 0.3) is 0 Å². The van der Waals surface area contributed by atoms with Crippen LogP contribution in [0, 0.1) is 21.7 Å². The zero-order valence-corrected chi connectivity index (χ0v) is 11.0. The van der Waals surface area contributed by atoms with E-state index in [9.17, 15) is 18.9 Å². The first-order chi connectivity index (χ1) is 9.88. The van der Waals surface area contributed by atoms with Crippen molar-refractivity contribution in [1.82, 2.24) is 0 Å². The third-order valence-corrected chi connectivity index (χ3v) is 2.81. The van der Waals surface area contributed by atoms with Gasteiger partial charge in [-0.05, 0) is 31.2 Å². The van der Waals surface area contributed by atoms with Crippen molar-refractivity contribution in [3.05, 3.63) is 63.7 Å². The molecule has 1 atom stereocenters. The maximum absolute atomic E-state index is 13.5. The summed E-state index contributed by atoms with van der Waals surface area (Å²) in [4.78, 5) is 9.71. The summed E-state index contributed by atoms with van der Waals surface area (Å²) in [5.74, 6) is -1.15. The van der Waals surface area contributed by atoms with Crippen molar-refractivity contribution in [2.24, 2.45) is 5.73 Å². The summed E-state index contributed by atoms with van der Waals surface area (Å²) in [5, 5.41) is 10.5. The number of nitro benzene ring substituents is 1. The van der Waals surface area contributed by atoms with Crippen LogP contribution in [0.2, 0.25) is 0 Å². The Balaban J connectivity index is 2.34. The van der Waals surface area contributed by atoms with Crippen LogP contribution in [0.15, 0.2) is 36.4 Å². The molecule has 110 valence electrons. The Morgan fingerprint density at radius 2 is 1.95 bits per heavy atom. The fourth-order valence-corrected chi connectivity index (χ4v) is 1.79. The molecule has 21 heavy (non-hydrogen) atoms. The first-order valence-electron chi connectivity index (χ1n) is 6.05. The lowest BCUT2D eigenvalue weighted by molar-refractivity contribution is -0.387. The molecule has 2 N–H and O–H groups in total. The van der Waals surface area contributed by atoms with Crippen molar-refractivity contribution < 1.29 is 18.4 Å². The molecule has 0 spiro atoms. The van der Waals surface area contributed by atoms with E-state index in [4.69, 9.17) is 10.5 Å². The summed E-state index contributed by atoms with van der Waals surface area (Å²) in [5.41, 5.74) is 5.49. The topological polar surface area (TPSA) is 78.4 Å². The van der Waals surface area contributed by atoms with Gasteiger partial charge in [0.1, 0.15) is 17.3 Å². The first kappa shape index (κ1) is 14.9. The van der Waals surface area contributed by atoms with Crippen LogP contribution in [0.4, 0.5) is 14.5 Å². The van der Waals surface area contributed by atoms with E-state index in [2.05, 4.69) is 0 Å². The summed E-state index contributed by atoms with van der Waals surface area (Å²) < 4.78 is 32.2. The molecule has 0 radical (unpaired) electrons. The highest BCUT2D eigenvalue weighted by atomic mass is 19.1. The quantitative estimate of drug-likeness (QED) is 0.689. The lowest BCUT2D eigenvalue weighted by Crippen LogP contribution is -2.07. The molecule has 7 heteroatoms. The number of halogens is 2. The molecule has 0 aliphatic heterocycles. The average molecular weight is 294 g/mol. The van der Waals surface area contributed by atoms with E-state index in [1.54, 1.807) is 6.92 Å². The molecular formula is C14H12F2N2O3. The van der Waals surface area contributed by atoms with Gasteiger partial charge in [-0.2, -0.15) is 4.39 Å². The van der Waals surface area contributed by atoms with Gasteiger partial charge in [-0.25, -0.2) is 4.39 Å². The number of nitrogens with zero attached hydrogens (tertiary/aromatic N) is 1. The normalized spacial score (nSPS) is 12.0. The second-order valence-corrected chi connectivity index (χ2v) is 4.44. The van der Waals surface area contributed by atoms with Crippen LogP contribution in [-0.2, 0) is 0 Å². The molecule has 0 heterocycles. The smallest absolute Gasteiger partial charge is 0.305 e. The molecule has 0 aromatic heterocycles. The summed E-state index contributed by atoms with van der Waals surface area (Å²) >= 11 is 0. The van der Waals surface area contributed by atoms with Crippen molar-refractivity contribution in [3.8, 4) is 11.5 Å². The van der Waals surface area contributed by atoms with Gasteiger partial charge >= 0.3 is 5.69 Å². The van der Waals surface area contributed by atoms with Gasteiger partial charge in [0.15, 0.2) is 0 Å². The summed E-state index contributed by atoms with van der Waals surface area (Å²) in [6.45, 7) is 1.65. The van der Waals surface area contributed by atoms with E-state index in [1.807, 2.05) is 0 Å². The lowest BCUT2D eigenvalue weighted by atomic mass is 10.1. The number of rotatable bonds is 4. The van der Waals surface area contributed by atoms with Crippen LogP contribution >= 0.6 is 0 Å². The molecule has 0 amide bonds. The van der Waals surface area contributed by atoms with E-state index < -0.39 is 28.3 Å². The molecular weight excluding hydrogens is 282 g/mol. The first-order valence-corrected chi connectivity index (χ1v) is 6.05. The number of hydrogen-bond donors (Lipinski definition) is 1. The standard InChI is InChI=1S/C14H12F2N2O3/c1-8(17)11-6-9(15)2-5-14(11)21-10-3-4-13(18(19)20)12(16)7-10/h2-8H,17H2,1H3/t8-/m1/s1. The largest absolute Gasteiger partial charge is 0.457 e. The highest BCUT2D eigenvalue weighted by Crippen LogP contribution is 2.31. The molecule has 2 aromatic rings. The second-order valence-electron chi connectivity index (χ2n) is 4.44. The number of nitrogens with two attached hydrogens (primary N) is 1. The van der Waals surface area contributed by atoms with Crippen LogP contribution in [-0.4, -0.2) is 4.92 Å². The number of nitro groups is 1. The molecule has 0 bridgehead atoms. The maximum atomic E-state index is 13.5. The van der Waals surface area contributed by atoms with Crippen molar-refractivity contribution in [1.29, 1.82) is 0 Å². The molecule has 0 saturated heterocycles. The summed E-state index contributed by atoms with van der Waals surface area (Å²) in [6.07, 6.45) is 0. The van der Waals surface area contributed by atoms with Crippen LogP contribution < -0.4 is 10.5 Å². The van der Waals surface area contributed by atoms with Crippen LogP contribution in [0.5, 0.6) is 11.5 Å². The van der Waals surface area contributed by atoms with Crippen molar-refractivity contribution in [3.63, 3.8) is 0 Å². The average Bonchev–Trinajstić information content (AvgIpc) is 2.40. The molecule has 5 nitrogen and oxygen atoms in total. The zero-order chi connectivity index (χ0) is 15.6. The second kappa shape index (κ2) is 5.84. The minimum Gasteiger partial charge on any atom is -0.457 e. The van der Waals surface area contributed by atoms with Crippen molar-refractivity contribution in [2.45, 2.75) is 13.0 Å². The summed E-state index contributed by atoms with van der Waals surface area (Å²) in [6, 6.07) is 6.44. The van der Waals surface area contributed by atoms with Gasteiger partial charge in [0.05, 0.1) is 4.92 Å². The Morgan fingerprint density at radius 3 is 2.52 bits per heavy atom. The molecule has 0 saturated carbocycles. The zero-order valence-electron chi connectivity index (χ0n) is 11.0. The van der Waals surface area contributed by atoms with Crippen molar-refractivity contribution >= 4 is 5.69 Å². The Hall–Kier alpha value is -2.54. The molecule has 2 aromatic carbocycles. The number of hydrogen-bond acceptors (Lipinski definition) is 4. The molecule has 2 rings (SSSR count). The Morgan fingerprint density at radius 1 is 1.24 bits per heavy atom. The molecule has 0 unspecified atom stereocenters. The Bertz CT molecular complexity index is 690. The number of benzene rings is 2. The summed E-state index contributed by atoms with van der Waals surface area (Å²) in [7, 11) is 0. The van der Waals surface area contributed by atoms with Gasteiger partial charge in [-0.3, -0.25) is 10.1 Å². The molecule has 0 aliphatic carbocycles. The van der Waals surface area contributed by atoms with E-state index in [-0.39, 0.29) is 11.5 Å². The van der Waals surface area contributed by atoms with E-state index in [0.29, 0.717) is 5.56 Å². The van der Waals surface area contributed by atoms with E-state index in [1.165, 1.54) is 24.3 Å². The van der Waals surface area contributed by atoms with Crippen molar-refractivity contribution in [2.75, 3.05) is 0 Å². The van der Waals surface area contributed by atoms with Gasteiger partial charge in [-0.1, -0.05) is 0 Å². The fraction of sp³-hybridized carbons (Fsp3) is 0.143. The van der Waals surface area contributed by atoms with Crippen LogP contribution in [0.1, 0.15) is 18.5 Å². The fourth-order valence-electron chi connectivity index (χ4n) is 1.79. The van der Waals surface area contributed by atoms with Crippen LogP contribution in [0.3, 0.4) is 0 Å². The minimum atomic E-state index is -1.01. The van der Waals surface area contributed by atoms with Gasteiger partial charge in [0, 0.05) is 23.7 Å². The van der Waals surface area contributed by atoms with E-state index in [0.717, 1.165) is 12.1 Å². The molecule has 0 fully saturated rings. The minimum absolute atomic E-state index is 0.0617. The predicted octanol–water partition coefficient (Wildman–Crippen LogP) is 3.69. The number of ether oxygens (including phenoxy) is 1. The third-order valence-electron chi connectivity index (χ3n) is 2.81. The Kier molecular flexibility index (Phi) is 4.13. The monoisotopic (exact) mass is 294 g/mol. The third kappa shape index (κ3) is 3.32. The maximum Gasteiger partial charge on any atom is 0.305 e. The van der Waals surface area contributed by atoms with Gasteiger partial charge in [0.2, 0.25) is 5.82 Å². The highest BCUT2D eigenvalue weighted by Gasteiger charge is 2.16. The Labute approximate surface area is 119 Å². The predicted molar refractivity (Wildman–Crippen MR) is 72.1 cm³/mol. The SMILES string of the molecule is C[C@@H](N)c1cc(F)ccc1Oc1ccc([N+](=O)[O-])c(F)c1.